The Hall–Kier alpha value is -2.34. The molecule has 0 radical (unpaired) electrons. The molecule has 0 saturated heterocycles. The molecule has 0 heterocycles. The van der Waals surface area contributed by atoms with Crippen LogP contribution < -0.4 is 25.9 Å². The van der Waals surface area contributed by atoms with Gasteiger partial charge < -0.3 is 9.47 Å². The van der Waals surface area contributed by atoms with E-state index in [4.69, 9.17) is 9.47 Å². The van der Waals surface area contributed by atoms with Crippen molar-refractivity contribution in [2.24, 2.45) is 0 Å². The zero-order valence-electron chi connectivity index (χ0n) is 15.4. The Morgan fingerprint density at radius 2 is 1.52 bits per heavy atom. The van der Waals surface area contributed by atoms with Gasteiger partial charge in [-0.15, -0.1) is 0 Å². The van der Waals surface area contributed by atoms with Crippen molar-refractivity contribution in [1.82, 2.24) is 0 Å². The standard InChI is InChI=1S/C23H22IO3/c1-17-8-10-19(11-9-17)18(2)27-23(25)16-26-22-14-12-21(13-15-22)24-20-6-4-3-5-7-20/h3-15,18H,16H2,1-2H3/q+1. The minimum absolute atomic E-state index is 0.0940. The number of aryl methyl sites for hydroxylation is 1. The molecule has 3 aromatic carbocycles. The van der Waals surface area contributed by atoms with Gasteiger partial charge in [0.05, 0.1) is 0 Å². The lowest BCUT2D eigenvalue weighted by Gasteiger charge is -2.14. The molecule has 27 heavy (non-hydrogen) atoms. The van der Waals surface area contributed by atoms with E-state index in [-0.39, 0.29) is 39.9 Å². The summed E-state index contributed by atoms with van der Waals surface area (Å²) >= 11 is -0.195. The molecule has 0 aliphatic carbocycles. The predicted octanol–water partition coefficient (Wildman–Crippen LogP) is 1.81. The zero-order valence-corrected chi connectivity index (χ0v) is 17.6. The van der Waals surface area contributed by atoms with Crippen LogP contribution >= 0.6 is 0 Å². The molecule has 0 aliphatic heterocycles. The van der Waals surface area contributed by atoms with Gasteiger partial charge in [0.15, 0.2) is 13.7 Å². The van der Waals surface area contributed by atoms with Crippen LogP contribution in [0, 0.1) is 14.1 Å². The first-order chi connectivity index (χ1) is 13.1. The van der Waals surface area contributed by atoms with Gasteiger partial charge in [-0.25, -0.2) is 4.79 Å². The number of benzene rings is 3. The fourth-order valence-electron chi connectivity index (χ4n) is 2.48. The molecule has 1 atom stereocenters. The van der Waals surface area contributed by atoms with Crippen LogP contribution in [0.5, 0.6) is 5.75 Å². The topological polar surface area (TPSA) is 35.5 Å². The summed E-state index contributed by atoms with van der Waals surface area (Å²) in [7, 11) is 0. The van der Waals surface area contributed by atoms with Gasteiger partial charge in [0.1, 0.15) is 11.9 Å². The molecule has 1 unspecified atom stereocenters. The van der Waals surface area contributed by atoms with Crippen molar-refractivity contribution in [3.05, 3.63) is 97.1 Å². The summed E-state index contributed by atoms with van der Waals surface area (Å²) in [6.45, 7) is 3.80. The average molecular weight is 473 g/mol. The van der Waals surface area contributed by atoms with E-state index in [0.717, 1.165) is 5.56 Å². The molecular formula is C23H22IO3+. The quantitative estimate of drug-likeness (QED) is 0.388. The van der Waals surface area contributed by atoms with Crippen LogP contribution in [0.1, 0.15) is 24.2 Å². The minimum Gasteiger partial charge on any atom is -0.482 e. The second-order valence-corrected chi connectivity index (χ2v) is 9.21. The van der Waals surface area contributed by atoms with Crippen LogP contribution in [0.3, 0.4) is 0 Å². The molecule has 0 aliphatic rings. The summed E-state index contributed by atoms with van der Waals surface area (Å²) in [5, 5.41) is 0. The Morgan fingerprint density at radius 1 is 0.889 bits per heavy atom. The first-order valence-electron chi connectivity index (χ1n) is 8.79. The fourth-order valence-corrected chi connectivity index (χ4v) is 4.69. The molecule has 0 aromatic heterocycles. The van der Waals surface area contributed by atoms with Gasteiger partial charge in [-0.05, 0) is 55.8 Å². The first kappa shape index (κ1) is 19.4. The molecule has 0 bridgehead atoms. The Bertz CT molecular complexity index is 858. The third-order valence-corrected chi connectivity index (χ3v) is 6.66. The molecule has 0 amide bonds. The normalized spacial score (nSPS) is 11.6. The van der Waals surface area contributed by atoms with Crippen molar-refractivity contribution in [1.29, 1.82) is 0 Å². The summed E-state index contributed by atoms with van der Waals surface area (Å²) in [4.78, 5) is 12.0. The van der Waals surface area contributed by atoms with Crippen LogP contribution in [-0.4, -0.2) is 12.6 Å². The van der Waals surface area contributed by atoms with E-state index in [0.29, 0.717) is 5.75 Å². The summed E-state index contributed by atoms with van der Waals surface area (Å²) in [6.07, 6.45) is -0.292. The van der Waals surface area contributed by atoms with Crippen molar-refractivity contribution < 1.29 is 35.5 Å². The second kappa shape index (κ2) is 9.55. The van der Waals surface area contributed by atoms with Crippen molar-refractivity contribution in [3.8, 4) is 5.75 Å². The fraction of sp³-hybridized carbons (Fsp3) is 0.174. The van der Waals surface area contributed by atoms with Gasteiger partial charge in [0.2, 0.25) is 0 Å². The van der Waals surface area contributed by atoms with E-state index in [2.05, 4.69) is 36.4 Å². The highest BCUT2D eigenvalue weighted by Crippen LogP contribution is 2.17. The highest BCUT2D eigenvalue weighted by atomic mass is 127. The Morgan fingerprint density at radius 3 is 2.19 bits per heavy atom. The average Bonchev–Trinajstić information content (AvgIpc) is 2.69. The summed E-state index contributed by atoms with van der Waals surface area (Å²) in [5.41, 5.74) is 2.15. The molecule has 3 rings (SSSR count). The lowest BCUT2D eigenvalue weighted by molar-refractivity contribution is -0.597. The van der Waals surface area contributed by atoms with Crippen molar-refractivity contribution >= 4 is 5.97 Å². The van der Waals surface area contributed by atoms with Crippen LogP contribution in [0.15, 0.2) is 78.9 Å². The summed E-state index contributed by atoms with van der Waals surface area (Å²) in [6, 6.07) is 26.4. The van der Waals surface area contributed by atoms with E-state index in [1.54, 1.807) is 0 Å². The van der Waals surface area contributed by atoms with Gasteiger partial charge >= 0.3 is 27.2 Å². The Labute approximate surface area is 170 Å². The molecule has 0 N–H and O–H groups in total. The largest absolute Gasteiger partial charge is 0.482 e. The minimum atomic E-state index is -0.371. The summed E-state index contributed by atoms with van der Waals surface area (Å²) in [5.74, 6) is 0.305. The van der Waals surface area contributed by atoms with Gasteiger partial charge in [0, 0.05) is 0 Å². The van der Waals surface area contributed by atoms with Gasteiger partial charge in [-0.3, -0.25) is 0 Å². The van der Waals surface area contributed by atoms with Crippen LogP contribution in [0.25, 0.3) is 0 Å². The molecule has 138 valence electrons. The first-order valence-corrected chi connectivity index (χ1v) is 10.9. The number of carbonyl (C=O) groups is 1. The van der Waals surface area contributed by atoms with Crippen LogP contribution in [0.2, 0.25) is 0 Å². The predicted molar refractivity (Wildman–Crippen MR) is 101 cm³/mol. The molecule has 3 nitrogen and oxygen atoms in total. The number of halogens is 1. The van der Waals surface area contributed by atoms with E-state index in [1.807, 2.05) is 56.3 Å². The van der Waals surface area contributed by atoms with Gasteiger partial charge in [0.25, 0.3) is 0 Å². The number of esters is 1. The number of ether oxygens (including phenoxy) is 2. The van der Waals surface area contributed by atoms with Crippen molar-refractivity contribution in [3.63, 3.8) is 0 Å². The highest BCUT2D eigenvalue weighted by Gasteiger charge is 2.15. The number of hydrogen-bond donors (Lipinski definition) is 0. The van der Waals surface area contributed by atoms with E-state index < -0.39 is 0 Å². The Kier molecular flexibility index (Phi) is 6.87. The maximum absolute atomic E-state index is 12.0. The molecule has 0 fully saturated rings. The SMILES string of the molecule is Cc1ccc(C(C)OC(=O)COc2ccc([I+]c3ccccc3)cc2)cc1. The van der Waals surface area contributed by atoms with Crippen molar-refractivity contribution in [2.45, 2.75) is 20.0 Å². The maximum atomic E-state index is 12.0. The molecular weight excluding hydrogens is 451 g/mol. The number of rotatable bonds is 7. The van der Waals surface area contributed by atoms with E-state index >= 15 is 0 Å². The smallest absolute Gasteiger partial charge is 0.357 e. The Balaban J connectivity index is 1.47. The number of hydrogen-bond acceptors (Lipinski definition) is 3. The lowest BCUT2D eigenvalue weighted by atomic mass is 10.1. The van der Waals surface area contributed by atoms with Crippen molar-refractivity contribution in [2.75, 3.05) is 6.61 Å². The summed E-state index contributed by atoms with van der Waals surface area (Å²) < 4.78 is 13.7. The molecule has 0 spiro atoms. The van der Waals surface area contributed by atoms with E-state index in [1.165, 1.54) is 12.7 Å². The van der Waals surface area contributed by atoms with Gasteiger partial charge in [-0.1, -0.05) is 48.0 Å². The van der Waals surface area contributed by atoms with Crippen LogP contribution in [-0.2, 0) is 9.53 Å². The highest BCUT2D eigenvalue weighted by molar-refractivity contribution is 5.71. The second-order valence-electron chi connectivity index (χ2n) is 6.18. The zero-order chi connectivity index (χ0) is 19.1. The number of carbonyl (C=O) groups excluding carboxylic acids is 1. The maximum Gasteiger partial charge on any atom is 0.357 e. The van der Waals surface area contributed by atoms with E-state index in [9.17, 15) is 4.79 Å². The third-order valence-electron chi connectivity index (χ3n) is 3.98. The molecule has 0 saturated carbocycles. The van der Waals surface area contributed by atoms with Crippen LogP contribution in [0.4, 0.5) is 0 Å². The van der Waals surface area contributed by atoms with Gasteiger partial charge in [-0.2, -0.15) is 0 Å². The lowest BCUT2D eigenvalue weighted by Crippen LogP contribution is -3.61. The molecule has 4 heteroatoms. The molecule has 3 aromatic rings. The monoisotopic (exact) mass is 473 g/mol. The third kappa shape index (κ3) is 6.10.